The fraction of sp³-hybridized carbons (Fsp3) is 0.238. The Morgan fingerprint density at radius 3 is 2.67 bits per heavy atom. The quantitative estimate of drug-likeness (QED) is 0.436. The molecule has 6 heteroatoms. The summed E-state index contributed by atoms with van der Waals surface area (Å²) >= 11 is 0. The van der Waals surface area contributed by atoms with E-state index in [1.807, 2.05) is 25.1 Å². The lowest BCUT2D eigenvalue weighted by atomic mass is 10.2. The zero-order chi connectivity index (χ0) is 19.1. The van der Waals surface area contributed by atoms with Gasteiger partial charge in [0.1, 0.15) is 23.3 Å². The molecule has 0 amide bonds. The number of para-hydroxylation sites is 1. The molecule has 0 fully saturated rings. The average Bonchev–Trinajstić information content (AvgIpc) is 2.69. The Hall–Kier alpha value is -3.28. The maximum Gasteiger partial charge on any atom is 0.344 e. The minimum absolute atomic E-state index is 0.0990. The molecule has 0 bridgehead atoms. The van der Waals surface area contributed by atoms with Gasteiger partial charge in [-0.1, -0.05) is 31.5 Å². The molecule has 6 nitrogen and oxygen atoms in total. The summed E-state index contributed by atoms with van der Waals surface area (Å²) in [6.07, 6.45) is 3.04. The highest BCUT2D eigenvalue weighted by atomic mass is 16.6. The molecule has 0 saturated carbocycles. The van der Waals surface area contributed by atoms with Crippen LogP contribution in [0.4, 0.5) is 0 Å². The van der Waals surface area contributed by atoms with E-state index < -0.39 is 5.97 Å². The molecule has 0 aliphatic rings. The van der Waals surface area contributed by atoms with Crippen molar-refractivity contribution in [3.05, 3.63) is 65.0 Å². The first-order chi connectivity index (χ1) is 13.2. The molecule has 0 aliphatic carbocycles. The van der Waals surface area contributed by atoms with Gasteiger partial charge < -0.3 is 18.6 Å². The lowest BCUT2D eigenvalue weighted by Crippen LogP contribution is -2.15. The van der Waals surface area contributed by atoms with Crippen molar-refractivity contribution >= 4 is 16.9 Å². The summed E-state index contributed by atoms with van der Waals surface area (Å²) in [6, 6.07) is 13.7. The first kappa shape index (κ1) is 18.5. The number of hydrogen-bond acceptors (Lipinski definition) is 6. The first-order valence-electron chi connectivity index (χ1n) is 8.74. The Bertz CT molecular complexity index is 961. The van der Waals surface area contributed by atoms with Crippen LogP contribution >= 0.6 is 0 Å². The summed E-state index contributed by atoms with van der Waals surface area (Å²) < 4.78 is 21.5. The summed E-state index contributed by atoms with van der Waals surface area (Å²) in [5, 5.41) is 0.362. The van der Waals surface area contributed by atoms with E-state index in [1.165, 1.54) is 6.26 Å². The number of esters is 1. The summed E-state index contributed by atoms with van der Waals surface area (Å²) in [7, 11) is 0. The van der Waals surface area contributed by atoms with Crippen LogP contribution in [0.2, 0.25) is 0 Å². The van der Waals surface area contributed by atoms with E-state index in [9.17, 15) is 9.59 Å². The van der Waals surface area contributed by atoms with Gasteiger partial charge in [0.25, 0.3) is 0 Å². The molecule has 27 heavy (non-hydrogen) atoms. The van der Waals surface area contributed by atoms with Crippen molar-refractivity contribution in [1.82, 2.24) is 0 Å². The van der Waals surface area contributed by atoms with Gasteiger partial charge in [-0.2, -0.15) is 0 Å². The molecule has 0 N–H and O–H groups in total. The molecule has 0 atom stereocenters. The summed E-state index contributed by atoms with van der Waals surface area (Å²) in [5.41, 5.74) is 0.0582. The molecular formula is C21H20O6. The summed E-state index contributed by atoms with van der Waals surface area (Å²) in [5.74, 6) is 0.624. The van der Waals surface area contributed by atoms with Crippen molar-refractivity contribution in [3.63, 3.8) is 0 Å². The van der Waals surface area contributed by atoms with Gasteiger partial charge >= 0.3 is 5.97 Å². The number of rotatable bonds is 8. The molecule has 1 aromatic heterocycles. The largest absolute Gasteiger partial charge is 0.482 e. The predicted octanol–water partition coefficient (Wildman–Crippen LogP) is 4.31. The Balaban J connectivity index is 1.70. The van der Waals surface area contributed by atoms with E-state index in [0.717, 1.165) is 12.8 Å². The second-order valence-electron chi connectivity index (χ2n) is 5.86. The van der Waals surface area contributed by atoms with Gasteiger partial charge in [0.15, 0.2) is 6.61 Å². The zero-order valence-electron chi connectivity index (χ0n) is 15.0. The smallest absolute Gasteiger partial charge is 0.344 e. The van der Waals surface area contributed by atoms with Crippen molar-refractivity contribution in [3.8, 4) is 17.2 Å². The molecule has 140 valence electrons. The molecule has 3 rings (SSSR count). The van der Waals surface area contributed by atoms with Crippen molar-refractivity contribution in [2.24, 2.45) is 0 Å². The Labute approximate surface area is 156 Å². The molecule has 0 aliphatic heterocycles. The van der Waals surface area contributed by atoms with Gasteiger partial charge in [-0.25, -0.2) is 4.79 Å². The predicted molar refractivity (Wildman–Crippen MR) is 100 cm³/mol. The number of benzene rings is 2. The molecule has 0 saturated heterocycles. The number of carbonyl (C=O) groups is 1. The lowest BCUT2D eigenvalue weighted by Gasteiger charge is -2.08. The second kappa shape index (κ2) is 8.89. The van der Waals surface area contributed by atoms with E-state index >= 15 is 0 Å². The van der Waals surface area contributed by atoms with Crippen LogP contribution in [0.1, 0.15) is 19.8 Å². The second-order valence-corrected chi connectivity index (χ2v) is 5.86. The minimum atomic E-state index is -0.434. The number of unbranched alkanes of at least 4 members (excludes halogenated alkanes) is 1. The number of carbonyl (C=O) groups excluding carboxylic acids is 1. The topological polar surface area (TPSA) is 75.0 Å². The third kappa shape index (κ3) is 4.88. The molecule has 1 heterocycles. The van der Waals surface area contributed by atoms with Crippen LogP contribution in [0.5, 0.6) is 17.2 Å². The molecule has 0 spiro atoms. The zero-order valence-corrected chi connectivity index (χ0v) is 15.0. The first-order valence-corrected chi connectivity index (χ1v) is 8.74. The average molecular weight is 368 g/mol. The van der Waals surface area contributed by atoms with E-state index in [-0.39, 0.29) is 17.8 Å². The maximum absolute atomic E-state index is 12.6. The highest BCUT2D eigenvalue weighted by molar-refractivity contribution is 5.79. The minimum Gasteiger partial charge on any atom is -0.482 e. The normalized spacial score (nSPS) is 10.6. The highest BCUT2D eigenvalue weighted by Crippen LogP contribution is 2.23. The van der Waals surface area contributed by atoms with E-state index in [2.05, 4.69) is 0 Å². The van der Waals surface area contributed by atoms with Gasteiger partial charge in [0.05, 0.1) is 12.0 Å². The Morgan fingerprint density at radius 2 is 1.89 bits per heavy atom. The molecule has 0 unspecified atom stereocenters. The standard InChI is InChI=1S/C21H20O6/c1-2-3-11-24-20(22)14-25-16-9-10-17-18(12-16)26-13-19(21(17)23)27-15-7-5-4-6-8-15/h4-10,12-13H,2-3,11,14H2,1H3. The van der Waals surface area contributed by atoms with E-state index in [0.29, 0.717) is 29.1 Å². The third-order valence-corrected chi connectivity index (χ3v) is 3.80. The Kier molecular flexibility index (Phi) is 6.10. The van der Waals surface area contributed by atoms with Crippen LogP contribution in [0.15, 0.2) is 64.0 Å². The van der Waals surface area contributed by atoms with Crippen LogP contribution in [-0.2, 0) is 9.53 Å². The van der Waals surface area contributed by atoms with Crippen LogP contribution in [0.3, 0.4) is 0 Å². The van der Waals surface area contributed by atoms with Gasteiger partial charge in [0, 0.05) is 6.07 Å². The monoisotopic (exact) mass is 368 g/mol. The van der Waals surface area contributed by atoms with Crippen LogP contribution in [-0.4, -0.2) is 19.2 Å². The van der Waals surface area contributed by atoms with Crippen molar-refractivity contribution in [1.29, 1.82) is 0 Å². The van der Waals surface area contributed by atoms with Crippen LogP contribution in [0, 0.1) is 0 Å². The van der Waals surface area contributed by atoms with Gasteiger partial charge in [-0.05, 0) is 30.7 Å². The number of hydrogen-bond donors (Lipinski definition) is 0. The van der Waals surface area contributed by atoms with Crippen molar-refractivity contribution < 1.29 is 23.4 Å². The molecule has 0 radical (unpaired) electrons. The molecule has 2 aromatic carbocycles. The summed E-state index contributed by atoms with van der Waals surface area (Å²) in [4.78, 5) is 24.1. The third-order valence-electron chi connectivity index (χ3n) is 3.80. The van der Waals surface area contributed by atoms with Crippen LogP contribution < -0.4 is 14.9 Å². The SMILES string of the molecule is CCCCOC(=O)COc1ccc2c(=O)c(Oc3ccccc3)coc2c1. The number of fused-ring (bicyclic) bond motifs is 1. The summed E-state index contributed by atoms with van der Waals surface area (Å²) in [6.45, 7) is 2.20. The van der Waals surface area contributed by atoms with E-state index in [4.69, 9.17) is 18.6 Å². The Morgan fingerprint density at radius 1 is 1.07 bits per heavy atom. The maximum atomic E-state index is 12.6. The fourth-order valence-electron chi connectivity index (χ4n) is 2.38. The lowest BCUT2D eigenvalue weighted by molar-refractivity contribution is -0.146. The van der Waals surface area contributed by atoms with Crippen LogP contribution in [0.25, 0.3) is 11.0 Å². The molecular weight excluding hydrogens is 348 g/mol. The fourth-order valence-corrected chi connectivity index (χ4v) is 2.38. The number of ether oxygens (including phenoxy) is 3. The van der Waals surface area contributed by atoms with Gasteiger partial charge in [-0.15, -0.1) is 0 Å². The highest BCUT2D eigenvalue weighted by Gasteiger charge is 2.11. The van der Waals surface area contributed by atoms with Gasteiger partial charge in [0.2, 0.25) is 11.2 Å². The van der Waals surface area contributed by atoms with Crippen molar-refractivity contribution in [2.75, 3.05) is 13.2 Å². The van der Waals surface area contributed by atoms with Gasteiger partial charge in [-0.3, -0.25) is 4.79 Å². The van der Waals surface area contributed by atoms with E-state index in [1.54, 1.807) is 30.3 Å². The molecule has 3 aromatic rings. The van der Waals surface area contributed by atoms with Crippen molar-refractivity contribution in [2.45, 2.75) is 19.8 Å².